The van der Waals surface area contributed by atoms with Crippen molar-refractivity contribution < 1.29 is 0 Å². The molecule has 2 heterocycles. The number of hydrogen-bond acceptors (Lipinski definition) is 3. The van der Waals surface area contributed by atoms with E-state index >= 15 is 0 Å². The van der Waals surface area contributed by atoms with Gasteiger partial charge in [-0.05, 0) is 49.4 Å². The van der Waals surface area contributed by atoms with Gasteiger partial charge in [0.2, 0.25) is 0 Å². The molecule has 1 aliphatic heterocycles. The van der Waals surface area contributed by atoms with Gasteiger partial charge in [-0.25, -0.2) is 0 Å². The highest BCUT2D eigenvalue weighted by Gasteiger charge is 2.38. The average molecular weight is 261 g/mol. The highest BCUT2D eigenvalue weighted by Crippen LogP contribution is 2.36. The molecule has 0 bridgehead atoms. The Kier molecular flexibility index (Phi) is 5.34. The lowest BCUT2D eigenvalue weighted by Crippen LogP contribution is -2.55. The van der Waals surface area contributed by atoms with Gasteiger partial charge in [0.1, 0.15) is 0 Å². The zero-order chi connectivity index (χ0) is 13.6. The minimum atomic E-state index is 0.642. The van der Waals surface area contributed by atoms with E-state index in [2.05, 4.69) is 35.1 Å². The molecule has 1 saturated heterocycles. The van der Waals surface area contributed by atoms with Crippen LogP contribution in [-0.2, 0) is 6.54 Å². The molecular formula is C16H27N3. The Labute approximate surface area is 117 Å². The van der Waals surface area contributed by atoms with E-state index in [-0.39, 0.29) is 0 Å². The van der Waals surface area contributed by atoms with Gasteiger partial charge >= 0.3 is 0 Å². The molecule has 106 valence electrons. The Morgan fingerprint density at radius 2 is 2.11 bits per heavy atom. The summed E-state index contributed by atoms with van der Waals surface area (Å²) in [6.07, 6.45) is 7.66. The van der Waals surface area contributed by atoms with Crippen molar-refractivity contribution in [3.05, 3.63) is 30.1 Å². The predicted molar refractivity (Wildman–Crippen MR) is 80.0 cm³/mol. The van der Waals surface area contributed by atoms with Gasteiger partial charge in [-0.2, -0.15) is 0 Å². The number of hydrogen-bond donors (Lipinski definition) is 1. The van der Waals surface area contributed by atoms with Crippen LogP contribution in [0.2, 0.25) is 0 Å². The molecule has 1 aliphatic rings. The first-order valence-corrected chi connectivity index (χ1v) is 7.60. The fourth-order valence-corrected chi connectivity index (χ4v) is 2.92. The fraction of sp³-hybridized carbons (Fsp3) is 0.688. The monoisotopic (exact) mass is 261 g/mol. The van der Waals surface area contributed by atoms with Crippen molar-refractivity contribution in [3.8, 4) is 0 Å². The summed E-state index contributed by atoms with van der Waals surface area (Å²) in [6.45, 7) is 10.5. The lowest BCUT2D eigenvalue weighted by atomic mass is 9.75. The van der Waals surface area contributed by atoms with Gasteiger partial charge in [-0.15, -0.1) is 0 Å². The molecule has 2 rings (SSSR count). The molecular weight excluding hydrogens is 234 g/mol. The van der Waals surface area contributed by atoms with E-state index < -0.39 is 0 Å². The van der Waals surface area contributed by atoms with E-state index in [0.29, 0.717) is 5.41 Å². The van der Waals surface area contributed by atoms with Crippen LogP contribution in [-0.4, -0.2) is 36.1 Å². The molecule has 19 heavy (non-hydrogen) atoms. The highest BCUT2D eigenvalue weighted by atomic mass is 15.2. The van der Waals surface area contributed by atoms with E-state index in [9.17, 15) is 0 Å². The second-order valence-corrected chi connectivity index (χ2v) is 5.81. The summed E-state index contributed by atoms with van der Waals surface area (Å²) >= 11 is 0. The molecule has 3 nitrogen and oxygen atoms in total. The van der Waals surface area contributed by atoms with Gasteiger partial charge in [-0.3, -0.25) is 4.98 Å². The van der Waals surface area contributed by atoms with Crippen LogP contribution in [0.3, 0.4) is 0 Å². The number of aromatic nitrogens is 1. The van der Waals surface area contributed by atoms with Crippen molar-refractivity contribution in [1.29, 1.82) is 0 Å². The van der Waals surface area contributed by atoms with E-state index in [0.717, 1.165) is 13.1 Å². The van der Waals surface area contributed by atoms with Crippen molar-refractivity contribution in [3.63, 3.8) is 0 Å². The van der Waals surface area contributed by atoms with Crippen molar-refractivity contribution in [1.82, 2.24) is 15.2 Å². The van der Waals surface area contributed by atoms with Crippen LogP contribution in [0, 0.1) is 5.41 Å². The molecule has 0 radical (unpaired) electrons. The second-order valence-electron chi connectivity index (χ2n) is 5.81. The first-order chi connectivity index (χ1) is 9.28. The normalized spacial score (nSPS) is 18.2. The molecule has 0 spiro atoms. The van der Waals surface area contributed by atoms with Gasteiger partial charge in [0.05, 0.1) is 0 Å². The summed E-state index contributed by atoms with van der Waals surface area (Å²) in [5, 5.41) is 3.49. The van der Waals surface area contributed by atoms with Crippen LogP contribution < -0.4 is 5.32 Å². The Hall–Kier alpha value is -0.930. The topological polar surface area (TPSA) is 28.2 Å². The zero-order valence-corrected chi connectivity index (χ0v) is 12.4. The molecule has 0 atom stereocenters. The van der Waals surface area contributed by atoms with Crippen molar-refractivity contribution >= 4 is 0 Å². The van der Waals surface area contributed by atoms with Crippen molar-refractivity contribution in [2.24, 2.45) is 5.41 Å². The molecule has 1 N–H and O–H groups in total. The summed E-state index contributed by atoms with van der Waals surface area (Å²) in [5.41, 5.74) is 1.91. The third kappa shape index (κ3) is 4.02. The minimum Gasteiger partial charge on any atom is -0.313 e. The van der Waals surface area contributed by atoms with Crippen LogP contribution in [0.1, 0.15) is 38.7 Å². The maximum Gasteiger partial charge on any atom is 0.0312 e. The Morgan fingerprint density at radius 1 is 1.32 bits per heavy atom. The lowest BCUT2D eigenvalue weighted by Gasteiger charge is -2.50. The highest BCUT2D eigenvalue weighted by molar-refractivity contribution is 5.07. The maximum absolute atomic E-state index is 4.12. The van der Waals surface area contributed by atoms with E-state index in [1.165, 1.54) is 44.5 Å². The molecule has 3 heteroatoms. The largest absolute Gasteiger partial charge is 0.313 e. The second kappa shape index (κ2) is 7.01. The van der Waals surface area contributed by atoms with Crippen LogP contribution in [0.4, 0.5) is 0 Å². The molecule has 0 aromatic carbocycles. The summed E-state index contributed by atoms with van der Waals surface area (Å²) in [6, 6.07) is 4.11. The van der Waals surface area contributed by atoms with E-state index in [4.69, 9.17) is 0 Å². The number of nitrogens with zero attached hydrogens (tertiary/aromatic N) is 2. The van der Waals surface area contributed by atoms with Crippen molar-refractivity contribution in [2.45, 2.75) is 39.7 Å². The van der Waals surface area contributed by atoms with Gasteiger partial charge in [-0.1, -0.05) is 19.9 Å². The summed E-state index contributed by atoms with van der Waals surface area (Å²) in [5.74, 6) is 0. The molecule has 0 unspecified atom stereocenters. The fourth-order valence-electron chi connectivity index (χ4n) is 2.92. The SMILES string of the molecule is CCC1(CC)CN(CCCNCc2cccnc2)C1. The molecule has 0 aliphatic carbocycles. The Morgan fingerprint density at radius 3 is 2.74 bits per heavy atom. The van der Waals surface area contributed by atoms with E-state index in [1.54, 1.807) is 0 Å². The third-order valence-electron chi connectivity index (χ3n) is 4.50. The van der Waals surface area contributed by atoms with E-state index in [1.807, 2.05) is 18.5 Å². The first kappa shape index (κ1) is 14.5. The standard InChI is InChI=1S/C16H27N3/c1-3-16(4-2)13-19(14-16)10-6-9-18-12-15-7-5-8-17-11-15/h5,7-8,11,18H,3-4,6,9-10,12-14H2,1-2H3. The molecule has 1 aromatic rings. The third-order valence-corrected chi connectivity index (χ3v) is 4.50. The van der Waals surface area contributed by atoms with Crippen LogP contribution in [0.25, 0.3) is 0 Å². The van der Waals surface area contributed by atoms with Crippen LogP contribution in [0.15, 0.2) is 24.5 Å². The maximum atomic E-state index is 4.12. The summed E-state index contributed by atoms with van der Waals surface area (Å²) < 4.78 is 0. The lowest BCUT2D eigenvalue weighted by molar-refractivity contribution is -0.00621. The Balaban J connectivity index is 1.52. The van der Waals surface area contributed by atoms with Crippen LogP contribution in [0.5, 0.6) is 0 Å². The number of nitrogens with one attached hydrogen (secondary N) is 1. The van der Waals surface area contributed by atoms with Gasteiger partial charge < -0.3 is 10.2 Å². The minimum absolute atomic E-state index is 0.642. The number of pyridine rings is 1. The number of likely N-dealkylation sites (tertiary alicyclic amines) is 1. The van der Waals surface area contributed by atoms with Crippen LogP contribution >= 0.6 is 0 Å². The summed E-state index contributed by atoms with van der Waals surface area (Å²) in [4.78, 5) is 6.72. The molecule has 1 fully saturated rings. The average Bonchev–Trinajstić information content (AvgIpc) is 2.42. The summed E-state index contributed by atoms with van der Waals surface area (Å²) in [7, 11) is 0. The zero-order valence-electron chi connectivity index (χ0n) is 12.4. The molecule has 1 aromatic heterocycles. The predicted octanol–water partition coefficient (Wildman–Crippen LogP) is 2.68. The van der Waals surface area contributed by atoms with Crippen molar-refractivity contribution in [2.75, 3.05) is 26.2 Å². The number of rotatable bonds is 8. The van der Waals surface area contributed by atoms with Gasteiger partial charge in [0.15, 0.2) is 0 Å². The molecule has 0 amide bonds. The van der Waals surface area contributed by atoms with Gasteiger partial charge in [0.25, 0.3) is 0 Å². The smallest absolute Gasteiger partial charge is 0.0312 e. The Bertz CT molecular complexity index is 352. The van der Waals surface area contributed by atoms with Gasteiger partial charge in [0, 0.05) is 32.0 Å². The first-order valence-electron chi connectivity index (χ1n) is 7.60. The quantitative estimate of drug-likeness (QED) is 0.729. The molecule has 0 saturated carbocycles.